The summed E-state index contributed by atoms with van der Waals surface area (Å²) in [6, 6.07) is 7.22. The molecule has 0 aromatic heterocycles. The first kappa shape index (κ1) is 31.1. The molecule has 0 saturated heterocycles. The maximum atomic E-state index is 12.3. The maximum absolute atomic E-state index is 12.3. The molecule has 0 heterocycles. The SMILES string of the molecule is O=C(O)CCCCCCCCCCCCCCC(=O)Nc1ccccc1OCCCCP(=O)(O)O. The number of carboxylic acids is 1. The van der Waals surface area contributed by atoms with Crippen molar-refractivity contribution in [1.29, 1.82) is 0 Å². The molecule has 0 radical (unpaired) electrons. The van der Waals surface area contributed by atoms with Gasteiger partial charge in [-0.15, -0.1) is 0 Å². The van der Waals surface area contributed by atoms with Crippen LogP contribution in [-0.2, 0) is 14.2 Å². The summed E-state index contributed by atoms with van der Waals surface area (Å²) in [4.78, 5) is 40.5. The number of carbonyl (C=O) groups is 2. The van der Waals surface area contributed by atoms with Gasteiger partial charge in [0.05, 0.1) is 12.3 Å². The Morgan fingerprint density at radius 2 is 1.26 bits per heavy atom. The average Bonchev–Trinajstić information content (AvgIpc) is 2.79. The van der Waals surface area contributed by atoms with Crippen molar-refractivity contribution in [3.8, 4) is 5.75 Å². The van der Waals surface area contributed by atoms with Crippen LogP contribution in [0.5, 0.6) is 5.75 Å². The van der Waals surface area contributed by atoms with Crippen LogP contribution in [0, 0.1) is 0 Å². The molecular weight excluding hydrogens is 469 g/mol. The molecule has 8 nitrogen and oxygen atoms in total. The van der Waals surface area contributed by atoms with E-state index in [0.29, 0.717) is 37.3 Å². The second-order valence-electron chi connectivity index (χ2n) is 9.12. The number of carboxylic acid groups (broad SMARTS) is 1. The quantitative estimate of drug-likeness (QED) is 0.103. The fourth-order valence-electron chi connectivity index (χ4n) is 3.84. The highest BCUT2D eigenvalue weighted by Gasteiger charge is 2.12. The number of ether oxygens (including phenoxy) is 1. The topological polar surface area (TPSA) is 133 Å². The average molecular weight is 514 g/mol. The van der Waals surface area contributed by atoms with Gasteiger partial charge in [-0.2, -0.15) is 0 Å². The standard InChI is InChI=1S/C26H44NO7P/c28-25(19-11-9-7-5-3-1-2-4-6-8-10-12-20-26(29)30)27-23-17-13-14-18-24(23)34-21-15-16-22-35(31,32)33/h13-14,17-18H,1-12,15-16,19-22H2,(H,27,28)(H,29,30)(H2,31,32,33). The van der Waals surface area contributed by atoms with Crippen molar-refractivity contribution in [2.45, 2.75) is 103 Å². The number of anilines is 1. The molecule has 200 valence electrons. The molecule has 0 aliphatic heterocycles. The predicted molar refractivity (Wildman–Crippen MR) is 139 cm³/mol. The van der Waals surface area contributed by atoms with Crippen LogP contribution in [0.1, 0.15) is 103 Å². The van der Waals surface area contributed by atoms with E-state index >= 15 is 0 Å². The Hall–Kier alpha value is -1.89. The number of carbonyl (C=O) groups excluding carboxylic acids is 1. The van der Waals surface area contributed by atoms with Crippen molar-refractivity contribution < 1.29 is 33.8 Å². The molecule has 0 fully saturated rings. The van der Waals surface area contributed by atoms with E-state index in [2.05, 4.69) is 5.32 Å². The van der Waals surface area contributed by atoms with E-state index in [9.17, 15) is 14.2 Å². The lowest BCUT2D eigenvalue weighted by Gasteiger charge is -2.12. The number of hydrogen-bond acceptors (Lipinski definition) is 4. The smallest absolute Gasteiger partial charge is 0.325 e. The molecule has 4 N–H and O–H groups in total. The summed E-state index contributed by atoms with van der Waals surface area (Å²) in [6.07, 6.45) is 14.8. The number of unbranched alkanes of at least 4 members (excludes halogenated alkanes) is 12. The van der Waals surface area contributed by atoms with Gasteiger partial charge < -0.3 is 24.9 Å². The van der Waals surface area contributed by atoms with Crippen molar-refractivity contribution in [2.75, 3.05) is 18.1 Å². The molecule has 1 aromatic carbocycles. The number of hydrogen-bond donors (Lipinski definition) is 4. The van der Waals surface area contributed by atoms with Gasteiger partial charge in [0, 0.05) is 19.0 Å². The number of aliphatic carboxylic acids is 1. The van der Waals surface area contributed by atoms with Gasteiger partial charge in [0.25, 0.3) is 0 Å². The zero-order chi connectivity index (χ0) is 25.8. The molecule has 0 aliphatic carbocycles. The lowest BCUT2D eigenvalue weighted by molar-refractivity contribution is -0.137. The molecule has 35 heavy (non-hydrogen) atoms. The van der Waals surface area contributed by atoms with E-state index in [4.69, 9.17) is 19.6 Å². The Balaban J connectivity index is 2.04. The lowest BCUT2D eigenvalue weighted by atomic mass is 10.0. The predicted octanol–water partition coefficient (Wildman–Crippen LogP) is 6.51. The first-order valence-electron chi connectivity index (χ1n) is 13.1. The molecule has 0 aliphatic rings. The van der Waals surface area contributed by atoms with Crippen LogP contribution < -0.4 is 10.1 Å². The number of amides is 1. The summed E-state index contributed by atoms with van der Waals surface area (Å²) in [5.41, 5.74) is 0.620. The number of rotatable bonds is 22. The van der Waals surface area contributed by atoms with Gasteiger partial charge >= 0.3 is 13.6 Å². The molecule has 0 saturated carbocycles. The van der Waals surface area contributed by atoms with E-state index in [1.807, 2.05) is 12.1 Å². The summed E-state index contributed by atoms with van der Waals surface area (Å²) in [7, 11) is -3.96. The summed E-state index contributed by atoms with van der Waals surface area (Å²) >= 11 is 0. The highest BCUT2D eigenvalue weighted by molar-refractivity contribution is 7.51. The molecule has 0 bridgehead atoms. The molecule has 1 rings (SSSR count). The minimum atomic E-state index is -3.96. The Labute approximate surface area is 210 Å². The van der Waals surface area contributed by atoms with Crippen LogP contribution in [0.2, 0.25) is 0 Å². The zero-order valence-electron chi connectivity index (χ0n) is 21.0. The molecule has 9 heteroatoms. The fraction of sp³-hybridized carbons (Fsp3) is 0.692. The second kappa shape index (κ2) is 19.3. The lowest BCUT2D eigenvalue weighted by Crippen LogP contribution is -2.12. The molecule has 0 spiro atoms. The molecule has 1 amide bonds. The van der Waals surface area contributed by atoms with Gasteiger partial charge in [0.2, 0.25) is 5.91 Å². The third-order valence-corrected chi connectivity index (χ3v) is 6.71. The van der Waals surface area contributed by atoms with E-state index in [1.165, 1.54) is 38.5 Å². The Morgan fingerprint density at radius 1 is 0.743 bits per heavy atom. The van der Waals surface area contributed by atoms with E-state index < -0.39 is 13.6 Å². The van der Waals surface area contributed by atoms with Gasteiger partial charge in [0.15, 0.2) is 0 Å². The van der Waals surface area contributed by atoms with Crippen molar-refractivity contribution in [2.24, 2.45) is 0 Å². The Bertz CT molecular complexity index is 766. The third-order valence-electron chi connectivity index (χ3n) is 5.81. The van der Waals surface area contributed by atoms with Gasteiger partial charge in [0.1, 0.15) is 5.75 Å². The van der Waals surface area contributed by atoms with Crippen molar-refractivity contribution >= 4 is 25.2 Å². The minimum absolute atomic E-state index is 0.0362. The van der Waals surface area contributed by atoms with Gasteiger partial charge in [-0.05, 0) is 37.8 Å². The Morgan fingerprint density at radius 3 is 1.80 bits per heavy atom. The molecule has 1 aromatic rings. The highest BCUT2D eigenvalue weighted by atomic mass is 31.2. The van der Waals surface area contributed by atoms with E-state index in [-0.39, 0.29) is 18.5 Å². The third kappa shape index (κ3) is 19.0. The molecule has 0 unspecified atom stereocenters. The number of benzene rings is 1. The van der Waals surface area contributed by atoms with Gasteiger partial charge in [-0.1, -0.05) is 76.3 Å². The molecule has 0 atom stereocenters. The summed E-state index contributed by atoms with van der Waals surface area (Å²) < 4.78 is 16.6. The highest BCUT2D eigenvalue weighted by Crippen LogP contribution is 2.35. The van der Waals surface area contributed by atoms with Crippen LogP contribution in [0.15, 0.2) is 24.3 Å². The van der Waals surface area contributed by atoms with Crippen LogP contribution in [0.25, 0.3) is 0 Å². The van der Waals surface area contributed by atoms with Crippen LogP contribution in [0.3, 0.4) is 0 Å². The summed E-state index contributed by atoms with van der Waals surface area (Å²) in [5, 5.41) is 11.5. The second-order valence-corrected chi connectivity index (χ2v) is 10.9. The normalized spacial score (nSPS) is 11.4. The largest absolute Gasteiger partial charge is 0.491 e. The van der Waals surface area contributed by atoms with Crippen LogP contribution in [0.4, 0.5) is 5.69 Å². The van der Waals surface area contributed by atoms with Crippen molar-refractivity contribution in [3.05, 3.63) is 24.3 Å². The van der Waals surface area contributed by atoms with Crippen molar-refractivity contribution in [3.63, 3.8) is 0 Å². The van der Waals surface area contributed by atoms with Crippen LogP contribution >= 0.6 is 7.60 Å². The first-order valence-corrected chi connectivity index (χ1v) is 14.9. The number of nitrogens with one attached hydrogen (secondary N) is 1. The summed E-state index contributed by atoms with van der Waals surface area (Å²) in [6.45, 7) is 0.333. The van der Waals surface area contributed by atoms with Gasteiger partial charge in [-0.3, -0.25) is 14.2 Å². The van der Waals surface area contributed by atoms with Crippen LogP contribution in [-0.4, -0.2) is 39.5 Å². The van der Waals surface area contributed by atoms with Gasteiger partial charge in [-0.25, -0.2) is 0 Å². The van der Waals surface area contributed by atoms with E-state index in [1.54, 1.807) is 12.1 Å². The Kier molecular flexibility index (Phi) is 17.2. The van der Waals surface area contributed by atoms with Crippen molar-refractivity contribution in [1.82, 2.24) is 0 Å². The number of para-hydroxylation sites is 2. The molecular formula is C26H44NO7P. The minimum Gasteiger partial charge on any atom is -0.491 e. The fourth-order valence-corrected chi connectivity index (χ4v) is 4.48. The summed E-state index contributed by atoms with van der Waals surface area (Å²) in [5.74, 6) is -0.170. The van der Waals surface area contributed by atoms with E-state index in [0.717, 1.165) is 38.5 Å². The maximum Gasteiger partial charge on any atom is 0.325 e. The monoisotopic (exact) mass is 513 g/mol. The first-order chi connectivity index (χ1) is 16.8. The zero-order valence-corrected chi connectivity index (χ0v) is 21.9.